The lowest BCUT2D eigenvalue weighted by Gasteiger charge is -2.22. The number of halogens is 1. The van der Waals surface area contributed by atoms with Gasteiger partial charge in [-0.25, -0.2) is 0 Å². The highest BCUT2D eigenvalue weighted by atomic mass is 79.9. The van der Waals surface area contributed by atoms with Crippen LogP contribution in [0.5, 0.6) is 0 Å². The molecular weight excluding hydrogens is 254 g/mol. The zero-order chi connectivity index (χ0) is 11.4. The lowest BCUT2D eigenvalue weighted by molar-refractivity contribution is 0.249. The van der Waals surface area contributed by atoms with E-state index in [4.69, 9.17) is 0 Å². The van der Waals surface area contributed by atoms with Crippen LogP contribution in [0, 0.1) is 12.8 Å². The van der Waals surface area contributed by atoms with E-state index in [0.29, 0.717) is 5.92 Å². The third-order valence-corrected chi connectivity index (χ3v) is 3.02. The first-order valence-electron chi connectivity index (χ1n) is 5.18. The molecule has 0 amide bonds. The highest BCUT2D eigenvalue weighted by Gasteiger charge is 2.12. The van der Waals surface area contributed by atoms with Crippen molar-refractivity contribution in [2.75, 3.05) is 11.9 Å². The molecule has 0 heterocycles. The van der Waals surface area contributed by atoms with Crippen LogP contribution in [0.1, 0.15) is 19.4 Å². The molecule has 1 aromatic rings. The van der Waals surface area contributed by atoms with Gasteiger partial charge in [-0.2, -0.15) is 0 Å². The SMILES string of the molecule is Cc1cc(Br)ccc1NC(CO)C(C)C. The van der Waals surface area contributed by atoms with E-state index in [0.717, 1.165) is 10.2 Å². The Balaban J connectivity index is 2.79. The first kappa shape index (κ1) is 12.5. The Morgan fingerprint density at radius 3 is 2.53 bits per heavy atom. The molecule has 2 nitrogen and oxygen atoms in total. The van der Waals surface area contributed by atoms with E-state index in [1.807, 2.05) is 12.1 Å². The van der Waals surface area contributed by atoms with E-state index in [9.17, 15) is 5.11 Å². The van der Waals surface area contributed by atoms with E-state index >= 15 is 0 Å². The second kappa shape index (κ2) is 5.52. The van der Waals surface area contributed by atoms with E-state index in [1.165, 1.54) is 5.56 Å². The zero-order valence-corrected chi connectivity index (χ0v) is 11.0. The molecule has 15 heavy (non-hydrogen) atoms. The highest BCUT2D eigenvalue weighted by molar-refractivity contribution is 9.10. The van der Waals surface area contributed by atoms with Crippen molar-refractivity contribution >= 4 is 21.6 Å². The van der Waals surface area contributed by atoms with Gasteiger partial charge in [0, 0.05) is 10.2 Å². The summed E-state index contributed by atoms with van der Waals surface area (Å²) >= 11 is 3.43. The van der Waals surface area contributed by atoms with Gasteiger partial charge in [0.15, 0.2) is 0 Å². The smallest absolute Gasteiger partial charge is 0.0635 e. The molecule has 3 heteroatoms. The monoisotopic (exact) mass is 271 g/mol. The average Bonchev–Trinajstić information content (AvgIpc) is 2.16. The van der Waals surface area contributed by atoms with Crippen LogP contribution in [0.15, 0.2) is 22.7 Å². The predicted molar refractivity (Wildman–Crippen MR) is 68.2 cm³/mol. The summed E-state index contributed by atoms with van der Waals surface area (Å²) in [6.45, 7) is 6.42. The maximum absolute atomic E-state index is 9.23. The third kappa shape index (κ3) is 3.50. The molecule has 0 aromatic heterocycles. The normalized spacial score (nSPS) is 12.9. The maximum Gasteiger partial charge on any atom is 0.0635 e. The molecule has 0 aliphatic heterocycles. The first-order chi connectivity index (χ1) is 7.04. The minimum Gasteiger partial charge on any atom is -0.394 e. The summed E-state index contributed by atoms with van der Waals surface area (Å²) in [4.78, 5) is 0. The molecule has 0 saturated carbocycles. The molecule has 84 valence electrons. The van der Waals surface area contributed by atoms with Crippen molar-refractivity contribution in [1.29, 1.82) is 0 Å². The molecule has 0 fully saturated rings. The number of nitrogens with one attached hydrogen (secondary N) is 1. The molecule has 1 aromatic carbocycles. The molecule has 0 bridgehead atoms. The minimum atomic E-state index is 0.116. The fourth-order valence-electron chi connectivity index (χ4n) is 1.41. The van der Waals surface area contributed by atoms with Crippen molar-refractivity contribution in [3.63, 3.8) is 0 Å². The van der Waals surface area contributed by atoms with Crippen molar-refractivity contribution < 1.29 is 5.11 Å². The summed E-state index contributed by atoms with van der Waals surface area (Å²) < 4.78 is 1.08. The second-order valence-electron chi connectivity index (χ2n) is 4.14. The standard InChI is InChI=1S/C12H18BrNO/c1-8(2)12(7-15)14-11-5-4-10(13)6-9(11)3/h4-6,8,12,14-15H,7H2,1-3H3. The minimum absolute atomic E-state index is 0.116. The largest absolute Gasteiger partial charge is 0.394 e. The van der Waals surface area contributed by atoms with Gasteiger partial charge in [0.25, 0.3) is 0 Å². The van der Waals surface area contributed by atoms with Gasteiger partial charge >= 0.3 is 0 Å². The quantitative estimate of drug-likeness (QED) is 0.882. The number of aliphatic hydroxyl groups excluding tert-OH is 1. The number of benzene rings is 1. The molecule has 0 aliphatic carbocycles. The van der Waals surface area contributed by atoms with Gasteiger partial charge in [-0.1, -0.05) is 29.8 Å². The molecule has 0 saturated heterocycles. The van der Waals surface area contributed by atoms with E-state index < -0.39 is 0 Å². The van der Waals surface area contributed by atoms with Crippen molar-refractivity contribution in [2.24, 2.45) is 5.92 Å². The number of rotatable bonds is 4. The lowest BCUT2D eigenvalue weighted by atomic mass is 10.0. The maximum atomic E-state index is 9.23. The fraction of sp³-hybridized carbons (Fsp3) is 0.500. The Morgan fingerprint density at radius 2 is 2.07 bits per heavy atom. The number of hydrogen-bond acceptors (Lipinski definition) is 2. The van der Waals surface area contributed by atoms with Crippen LogP contribution >= 0.6 is 15.9 Å². The van der Waals surface area contributed by atoms with Gasteiger partial charge in [0.05, 0.1) is 12.6 Å². The number of aliphatic hydroxyl groups is 1. The Hall–Kier alpha value is -0.540. The van der Waals surface area contributed by atoms with Gasteiger partial charge in [-0.3, -0.25) is 0 Å². The van der Waals surface area contributed by atoms with Gasteiger partial charge in [0.2, 0.25) is 0 Å². The van der Waals surface area contributed by atoms with Crippen molar-refractivity contribution in [3.8, 4) is 0 Å². The van der Waals surface area contributed by atoms with Crippen LogP contribution in [0.25, 0.3) is 0 Å². The molecule has 1 unspecified atom stereocenters. The predicted octanol–water partition coefficient (Wildman–Crippen LogP) is 3.19. The number of hydrogen-bond donors (Lipinski definition) is 2. The van der Waals surface area contributed by atoms with E-state index in [2.05, 4.69) is 48.1 Å². The van der Waals surface area contributed by atoms with Gasteiger partial charge in [-0.15, -0.1) is 0 Å². The Bertz CT molecular complexity index is 325. The van der Waals surface area contributed by atoms with E-state index in [-0.39, 0.29) is 12.6 Å². The number of anilines is 1. The molecule has 1 rings (SSSR count). The molecule has 0 aliphatic rings. The molecular formula is C12H18BrNO. The lowest BCUT2D eigenvalue weighted by Crippen LogP contribution is -2.29. The molecule has 0 radical (unpaired) electrons. The van der Waals surface area contributed by atoms with Crippen LogP contribution in [0.4, 0.5) is 5.69 Å². The molecule has 1 atom stereocenters. The Morgan fingerprint density at radius 1 is 1.40 bits per heavy atom. The van der Waals surface area contributed by atoms with Gasteiger partial charge < -0.3 is 10.4 Å². The molecule has 2 N–H and O–H groups in total. The first-order valence-corrected chi connectivity index (χ1v) is 5.97. The zero-order valence-electron chi connectivity index (χ0n) is 9.42. The van der Waals surface area contributed by atoms with Crippen LogP contribution in [0.3, 0.4) is 0 Å². The summed E-state index contributed by atoms with van der Waals surface area (Å²) in [6, 6.07) is 6.22. The van der Waals surface area contributed by atoms with Gasteiger partial charge in [-0.05, 0) is 36.6 Å². The summed E-state index contributed by atoms with van der Waals surface area (Å²) in [5, 5.41) is 12.6. The Labute approximate surface area is 99.8 Å². The van der Waals surface area contributed by atoms with E-state index in [1.54, 1.807) is 0 Å². The Kier molecular flexibility index (Phi) is 4.61. The summed E-state index contributed by atoms with van der Waals surface area (Å²) in [5.41, 5.74) is 2.27. The summed E-state index contributed by atoms with van der Waals surface area (Å²) in [7, 11) is 0. The average molecular weight is 272 g/mol. The topological polar surface area (TPSA) is 32.3 Å². The number of aryl methyl sites for hydroxylation is 1. The third-order valence-electron chi connectivity index (χ3n) is 2.53. The summed E-state index contributed by atoms with van der Waals surface area (Å²) in [5.74, 6) is 0.415. The van der Waals surface area contributed by atoms with Crippen LogP contribution in [-0.2, 0) is 0 Å². The van der Waals surface area contributed by atoms with Crippen molar-refractivity contribution in [2.45, 2.75) is 26.8 Å². The molecule has 0 spiro atoms. The van der Waals surface area contributed by atoms with Crippen molar-refractivity contribution in [3.05, 3.63) is 28.2 Å². The van der Waals surface area contributed by atoms with Crippen LogP contribution in [-0.4, -0.2) is 17.8 Å². The summed E-state index contributed by atoms with van der Waals surface area (Å²) in [6.07, 6.45) is 0. The van der Waals surface area contributed by atoms with Gasteiger partial charge in [0.1, 0.15) is 0 Å². The fourth-order valence-corrected chi connectivity index (χ4v) is 1.89. The highest BCUT2D eigenvalue weighted by Crippen LogP contribution is 2.21. The van der Waals surface area contributed by atoms with Crippen LogP contribution < -0.4 is 5.32 Å². The van der Waals surface area contributed by atoms with Crippen molar-refractivity contribution in [1.82, 2.24) is 0 Å². The second-order valence-corrected chi connectivity index (χ2v) is 5.05. The van der Waals surface area contributed by atoms with Crippen LogP contribution in [0.2, 0.25) is 0 Å².